The quantitative estimate of drug-likeness (QED) is 0.280. The number of nitrogens with one attached hydrogen (secondary N) is 3. The summed E-state index contributed by atoms with van der Waals surface area (Å²) in [5.74, 6) is 3.53. The lowest BCUT2D eigenvalue weighted by Crippen LogP contribution is -2.51. The summed E-state index contributed by atoms with van der Waals surface area (Å²) in [5, 5.41) is 21.2. The third kappa shape index (κ3) is 6.79. The van der Waals surface area contributed by atoms with E-state index in [1.807, 2.05) is 0 Å². The molecule has 4 rings (SSSR count). The number of hydrogen-bond acceptors (Lipinski definition) is 3. The number of guanidine groups is 2. The fourth-order valence-corrected chi connectivity index (χ4v) is 7.83. The lowest BCUT2D eigenvalue weighted by molar-refractivity contribution is 0.145. The molecule has 1 aliphatic carbocycles. The van der Waals surface area contributed by atoms with Crippen LogP contribution in [0, 0.1) is 28.6 Å². The standard InChI is InChI=1S/C31H59N7/c1-6-12-27(20-35-17-11-16-26(35)21-38-28(23(3)4)19-34-30(38)32)37-22-29(24(5)7-2)36(31(37)33)18-10-15-25-13-8-9-14-25/h23-29,33H,6-22H2,1-5H3,(H2,32,34)/t24-,26+,27+,28+,29+/m1/s1. The van der Waals surface area contributed by atoms with Crippen LogP contribution in [0.5, 0.6) is 0 Å². The van der Waals surface area contributed by atoms with Crippen molar-refractivity contribution in [3.8, 4) is 0 Å². The van der Waals surface area contributed by atoms with E-state index in [4.69, 9.17) is 5.41 Å². The van der Waals surface area contributed by atoms with Crippen molar-refractivity contribution in [2.75, 3.05) is 39.3 Å². The first-order valence-electron chi connectivity index (χ1n) is 16.3. The summed E-state index contributed by atoms with van der Waals surface area (Å²) in [5.41, 5.74) is 0. The summed E-state index contributed by atoms with van der Waals surface area (Å²) in [4.78, 5) is 10.1. The first-order chi connectivity index (χ1) is 18.3. The normalized spacial score (nSPS) is 28.8. The Bertz CT molecular complexity index is 763. The summed E-state index contributed by atoms with van der Waals surface area (Å²) >= 11 is 0. The van der Waals surface area contributed by atoms with Gasteiger partial charge >= 0.3 is 0 Å². The van der Waals surface area contributed by atoms with E-state index < -0.39 is 0 Å². The molecule has 3 saturated heterocycles. The Kier molecular flexibility index (Phi) is 10.6. The topological polar surface area (TPSA) is 72.7 Å². The van der Waals surface area contributed by atoms with Gasteiger partial charge in [0.25, 0.3) is 0 Å². The Morgan fingerprint density at radius 1 is 0.974 bits per heavy atom. The van der Waals surface area contributed by atoms with Gasteiger partial charge in [0.2, 0.25) is 0 Å². The van der Waals surface area contributed by atoms with Crippen LogP contribution in [0.15, 0.2) is 0 Å². The molecule has 0 unspecified atom stereocenters. The van der Waals surface area contributed by atoms with Crippen LogP contribution >= 0.6 is 0 Å². The number of nitrogens with zero attached hydrogens (tertiary/aromatic N) is 4. The van der Waals surface area contributed by atoms with Crippen LogP contribution in [0.1, 0.15) is 105 Å². The average Bonchev–Trinajstić information content (AvgIpc) is 3.69. The molecule has 0 spiro atoms. The molecule has 4 fully saturated rings. The van der Waals surface area contributed by atoms with Gasteiger partial charge in [-0.2, -0.15) is 0 Å². The molecule has 7 nitrogen and oxygen atoms in total. The van der Waals surface area contributed by atoms with E-state index in [0.29, 0.717) is 42.0 Å². The van der Waals surface area contributed by atoms with Gasteiger partial charge in [-0.3, -0.25) is 15.7 Å². The number of likely N-dealkylation sites (tertiary alicyclic amines) is 1. The Morgan fingerprint density at radius 3 is 2.42 bits per heavy atom. The SMILES string of the molecule is CCC[C@@H](CN1CCC[C@H]1CN1C(=N)NC[C@H]1C(C)C)N1C[C@@H]([C@H](C)CC)N(CCCC2CCCC2)C1=N. The van der Waals surface area contributed by atoms with Crippen molar-refractivity contribution in [2.24, 2.45) is 17.8 Å². The monoisotopic (exact) mass is 529 g/mol. The number of hydrogen-bond donors (Lipinski definition) is 3. The minimum absolute atomic E-state index is 0.413. The largest absolute Gasteiger partial charge is 0.354 e. The minimum atomic E-state index is 0.413. The van der Waals surface area contributed by atoms with E-state index in [2.05, 4.69) is 59.5 Å². The molecule has 0 amide bonds. The van der Waals surface area contributed by atoms with Crippen molar-refractivity contribution >= 4 is 11.9 Å². The zero-order valence-electron chi connectivity index (χ0n) is 25.4. The highest BCUT2D eigenvalue weighted by molar-refractivity contribution is 5.80. The van der Waals surface area contributed by atoms with Crippen LogP contribution in [-0.2, 0) is 0 Å². The van der Waals surface area contributed by atoms with Gasteiger partial charge < -0.3 is 20.0 Å². The maximum atomic E-state index is 9.35. The van der Waals surface area contributed by atoms with Crippen LogP contribution in [0.25, 0.3) is 0 Å². The van der Waals surface area contributed by atoms with Crippen LogP contribution in [0.2, 0.25) is 0 Å². The van der Waals surface area contributed by atoms with Crippen LogP contribution < -0.4 is 5.32 Å². The van der Waals surface area contributed by atoms with Crippen molar-refractivity contribution in [2.45, 2.75) is 129 Å². The van der Waals surface area contributed by atoms with Crippen molar-refractivity contribution in [1.82, 2.24) is 24.9 Å². The third-order valence-electron chi connectivity index (χ3n) is 10.5. The molecule has 7 heteroatoms. The van der Waals surface area contributed by atoms with E-state index in [1.165, 1.54) is 64.2 Å². The Balaban J connectivity index is 1.41. The molecule has 4 aliphatic rings. The van der Waals surface area contributed by atoms with Crippen molar-refractivity contribution < 1.29 is 0 Å². The molecule has 0 aromatic carbocycles. The summed E-state index contributed by atoms with van der Waals surface area (Å²) in [6.07, 6.45) is 14.3. The van der Waals surface area contributed by atoms with Gasteiger partial charge in [-0.05, 0) is 56.4 Å². The van der Waals surface area contributed by atoms with Gasteiger partial charge in [0, 0.05) is 44.8 Å². The predicted octanol–water partition coefficient (Wildman–Crippen LogP) is 5.42. The minimum Gasteiger partial charge on any atom is -0.354 e. The Labute approximate surface area is 234 Å². The van der Waals surface area contributed by atoms with E-state index >= 15 is 0 Å². The molecule has 0 bridgehead atoms. The van der Waals surface area contributed by atoms with Gasteiger partial charge in [0.1, 0.15) is 0 Å². The summed E-state index contributed by atoms with van der Waals surface area (Å²) in [7, 11) is 0. The van der Waals surface area contributed by atoms with Gasteiger partial charge in [-0.15, -0.1) is 0 Å². The Hall–Kier alpha value is -1.50. The summed E-state index contributed by atoms with van der Waals surface area (Å²) in [6.45, 7) is 17.8. The van der Waals surface area contributed by atoms with Gasteiger partial charge in [0.15, 0.2) is 11.9 Å². The van der Waals surface area contributed by atoms with E-state index in [0.717, 1.165) is 57.6 Å². The average molecular weight is 530 g/mol. The zero-order chi connectivity index (χ0) is 27.2. The summed E-state index contributed by atoms with van der Waals surface area (Å²) < 4.78 is 0. The molecule has 1 saturated carbocycles. The second-order valence-electron chi connectivity index (χ2n) is 13.3. The molecule has 3 heterocycles. The maximum Gasteiger partial charge on any atom is 0.194 e. The lowest BCUT2D eigenvalue weighted by Gasteiger charge is -2.37. The molecule has 3 aliphatic heterocycles. The van der Waals surface area contributed by atoms with Crippen LogP contribution in [-0.4, -0.2) is 95.0 Å². The fourth-order valence-electron chi connectivity index (χ4n) is 7.83. The molecule has 0 aromatic rings. The molecule has 0 aromatic heterocycles. The highest BCUT2D eigenvalue weighted by Gasteiger charge is 2.41. The highest BCUT2D eigenvalue weighted by Crippen LogP contribution is 2.32. The highest BCUT2D eigenvalue weighted by atomic mass is 15.5. The van der Waals surface area contributed by atoms with Gasteiger partial charge in [-0.25, -0.2) is 0 Å². The second-order valence-corrected chi connectivity index (χ2v) is 13.3. The molecule has 218 valence electrons. The number of rotatable bonds is 14. The van der Waals surface area contributed by atoms with E-state index in [1.54, 1.807) is 0 Å². The van der Waals surface area contributed by atoms with Crippen LogP contribution in [0.4, 0.5) is 0 Å². The zero-order valence-corrected chi connectivity index (χ0v) is 25.4. The third-order valence-corrected chi connectivity index (χ3v) is 10.5. The first kappa shape index (κ1) is 29.5. The molecule has 38 heavy (non-hydrogen) atoms. The van der Waals surface area contributed by atoms with Crippen LogP contribution in [0.3, 0.4) is 0 Å². The van der Waals surface area contributed by atoms with Crippen molar-refractivity contribution in [3.05, 3.63) is 0 Å². The molecular weight excluding hydrogens is 470 g/mol. The molecular formula is C31H59N7. The van der Waals surface area contributed by atoms with Gasteiger partial charge in [0.05, 0.1) is 12.1 Å². The van der Waals surface area contributed by atoms with Gasteiger partial charge in [-0.1, -0.05) is 73.1 Å². The van der Waals surface area contributed by atoms with E-state index in [9.17, 15) is 5.41 Å². The van der Waals surface area contributed by atoms with Crippen molar-refractivity contribution in [3.63, 3.8) is 0 Å². The van der Waals surface area contributed by atoms with E-state index in [-0.39, 0.29) is 0 Å². The van der Waals surface area contributed by atoms with Crippen molar-refractivity contribution in [1.29, 1.82) is 10.8 Å². The summed E-state index contributed by atoms with van der Waals surface area (Å²) in [6, 6.07) is 1.84. The molecule has 0 radical (unpaired) electrons. The molecule has 5 atom stereocenters. The first-order valence-corrected chi connectivity index (χ1v) is 16.3. The predicted molar refractivity (Wildman–Crippen MR) is 160 cm³/mol. The lowest BCUT2D eigenvalue weighted by atomic mass is 9.97. The molecule has 3 N–H and O–H groups in total. The smallest absolute Gasteiger partial charge is 0.194 e. The second kappa shape index (κ2) is 13.7. The Morgan fingerprint density at radius 2 is 1.74 bits per heavy atom. The maximum absolute atomic E-state index is 9.35. The fraction of sp³-hybridized carbons (Fsp3) is 0.935.